The van der Waals surface area contributed by atoms with Crippen LogP contribution in [0.5, 0.6) is 0 Å². The Hall–Kier alpha value is -1.57. The molecule has 2 fully saturated rings. The molecule has 0 unspecified atom stereocenters. The Balaban J connectivity index is 1.51. The minimum Gasteiger partial charge on any atom is -0.444 e. The van der Waals surface area contributed by atoms with E-state index in [-0.39, 0.29) is 18.6 Å². The zero-order chi connectivity index (χ0) is 20.4. The van der Waals surface area contributed by atoms with Crippen LogP contribution in [0.4, 0.5) is 4.79 Å². The molecule has 0 saturated carbocycles. The predicted molar refractivity (Wildman–Crippen MR) is 111 cm³/mol. The monoisotopic (exact) mass is 388 g/mol. The van der Waals surface area contributed by atoms with E-state index in [4.69, 9.17) is 14.0 Å². The molecule has 0 radical (unpaired) electrons. The first-order valence-electron chi connectivity index (χ1n) is 10.1. The van der Waals surface area contributed by atoms with Gasteiger partial charge in [0, 0.05) is 51.4 Å². The molecule has 2 saturated heterocycles. The van der Waals surface area contributed by atoms with Crippen LogP contribution in [0.25, 0.3) is 0 Å². The van der Waals surface area contributed by atoms with Gasteiger partial charge in [0.15, 0.2) is 0 Å². The van der Waals surface area contributed by atoms with Gasteiger partial charge in [0.25, 0.3) is 0 Å². The van der Waals surface area contributed by atoms with E-state index in [0.717, 1.165) is 25.1 Å². The molecule has 2 aliphatic heterocycles. The second-order valence-corrected chi connectivity index (χ2v) is 9.61. The molecule has 1 aromatic carbocycles. The average molecular weight is 388 g/mol. The summed E-state index contributed by atoms with van der Waals surface area (Å²) in [6, 6.07) is 8.43. The number of amides is 1. The highest BCUT2D eigenvalue weighted by Gasteiger charge is 2.33. The van der Waals surface area contributed by atoms with E-state index >= 15 is 0 Å². The standard InChI is InChI=1S/C21H33BN2O4/c1-20(2,3)28-19(25)24-11-9-23(10-12-24)14-17-7-6-8-18(13-17)22-26-15-21(4,5)16-27-22/h6-8,13H,9-12,14-16H2,1-5H3. The number of nitrogens with zero attached hydrogens (tertiary/aromatic N) is 2. The van der Waals surface area contributed by atoms with Crippen LogP contribution >= 0.6 is 0 Å². The summed E-state index contributed by atoms with van der Waals surface area (Å²) in [5.74, 6) is 0. The Bertz CT molecular complexity index is 671. The number of ether oxygens (including phenoxy) is 1. The maximum absolute atomic E-state index is 12.2. The quantitative estimate of drug-likeness (QED) is 0.745. The minimum absolute atomic E-state index is 0.0714. The van der Waals surface area contributed by atoms with Crippen molar-refractivity contribution in [1.29, 1.82) is 0 Å². The molecule has 2 aliphatic rings. The number of piperazine rings is 1. The zero-order valence-corrected chi connectivity index (χ0v) is 17.9. The SMILES string of the molecule is CC1(C)COB(c2cccc(CN3CCN(C(=O)OC(C)(C)C)CC3)c2)OC1. The Kier molecular flexibility index (Phi) is 6.37. The number of hydrogen-bond acceptors (Lipinski definition) is 5. The van der Waals surface area contributed by atoms with Crippen molar-refractivity contribution in [2.24, 2.45) is 5.41 Å². The largest absolute Gasteiger partial charge is 0.493 e. The van der Waals surface area contributed by atoms with Crippen molar-refractivity contribution in [1.82, 2.24) is 9.80 Å². The van der Waals surface area contributed by atoms with E-state index in [1.807, 2.05) is 20.8 Å². The predicted octanol–water partition coefficient (Wildman–Crippen LogP) is 2.51. The van der Waals surface area contributed by atoms with Crippen LogP contribution in [0.2, 0.25) is 0 Å². The van der Waals surface area contributed by atoms with Crippen LogP contribution in [0.3, 0.4) is 0 Å². The van der Waals surface area contributed by atoms with Crippen LogP contribution < -0.4 is 5.46 Å². The highest BCUT2D eigenvalue weighted by Crippen LogP contribution is 2.21. The lowest BCUT2D eigenvalue weighted by atomic mass is 9.75. The highest BCUT2D eigenvalue weighted by molar-refractivity contribution is 6.61. The van der Waals surface area contributed by atoms with Gasteiger partial charge in [-0.2, -0.15) is 0 Å². The van der Waals surface area contributed by atoms with E-state index in [9.17, 15) is 4.79 Å². The molecule has 0 atom stereocenters. The van der Waals surface area contributed by atoms with Crippen LogP contribution in [0.15, 0.2) is 24.3 Å². The molecule has 7 heteroatoms. The van der Waals surface area contributed by atoms with Crippen LogP contribution in [-0.4, -0.2) is 68.0 Å². The van der Waals surface area contributed by atoms with Crippen molar-refractivity contribution < 1.29 is 18.8 Å². The maximum Gasteiger partial charge on any atom is 0.493 e. The lowest BCUT2D eigenvalue weighted by Gasteiger charge is -2.35. The molecule has 28 heavy (non-hydrogen) atoms. The third kappa shape index (κ3) is 5.96. The lowest BCUT2D eigenvalue weighted by molar-refractivity contribution is 0.0139. The lowest BCUT2D eigenvalue weighted by Crippen LogP contribution is -2.49. The Morgan fingerprint density at radius 1 is 1.14 bits per heavy atom. The maximum atomic E-state index is 12.2. The molecule has 1 aromatic rings. The molecule has 2 heterocycles. The smallest absolute Gasteiger partial charge is 0.444 e. The first kappa shape index (κ1) is 21.2. The van der Waals surface area contributed by atoms with E-state index in [2.05, 4.69) is 43.0 Å². The second kappa shape index (κ2) is 8.43. The van der Waals surface area contributed by atoms with Crippen molar-refractivity contribution in [2.75, 3.05) is 39.4 Å². The van der Waals surface area contributed by atoms with Gasteiger partial charge in [-0.25, -0.2) is 4.79 Å². The fourth-order valence-electron chi connectivity index (χ4n) is 3.40. The van der Waals surface area contributed by atoms with Gasteiger partial charge in [-0.3, -0.25) is 4.90 Å². The molecule has 0 bridgehead atoms. The molecule has 0 aromatic heterocycles. The molecule has 0 N–H and O–H groups in total. The molecule has 1 amide bonds. The summed E-state index contributed by atoms with van der Waals surface area (Å²) in [5, 5.41) is 0. The summed E-state index contributed by atoms with van der Waals surface area (Å²) in [4.78, 5) is 16.4. The van der Waals surface area contributed by atoms with Crippen molar-refractivity contribution in [3.8, 4) is 0 Å². The van der Waals surface area contributed by atoms with Gasteiger partial charge in [-0.1, -0.05) is 38.1 Å². The topological polar surface area (TPSA) is 51.2 Å². The molecule has 0 aliphatic carbocycles. The third-order valence-corrected chi connectivity index (χ3v) is 4.90. The van der Waals surface area contributed by atoms with Gasteiger partial charge in [0.05, 0.1) is 0 Å². The summed E-state index contributed by atoms with van der Waals surface area (Å²) >= 11 is 0. The summed E-state index contributed by atoms with van der Waals surface area (Å²) in [5.41, 5.74) is 1.93. The van der Waals surface area contributed by atoms with Gasteiger partial charge in [0.2, 0.25) is 0 Å². The molecule has 0 spiro atoms. The van der Waals surface area contributed by atoms with Crippen molar-refractivity contribution in [3.63, 3.8) is 0 Å². The average Bonchev–Trinajstić information content (AvgIpc) is 2.61. The van der Waals surface area contributed by atoms with Gasteiger partial charge in [-0.15, -0.1) is 0 Å². The number of benzene rings is 1. The fourth-order valence-corrected chi connectivity index (χ4v) is 3.40. The minimum atomic E-state index is -0.451. The Morgan fingerprint density at radius 2 is 1.79 bits per heavy atom. The summed E-state index contributed by atoms with van der Waals surface area (Å²) in [6.45, 7) is 15.3. The van der Waals surface area contributed by atoms with Gasteiger partial charge in [-0.05, 0) is 31.8 Å². The van der Waals surface area contributed by atoms with Gasteiger partial charge >= 0.3 is 13.2 Å². The molecule has 154 valence electrons. The van der Waals surface area contributed by atoms with Crippen molar-refractivity contribution >= 4 is 18.7 Å². The first-order chi connectivity index (χ1) is 13.1. The Morgan fingerprint density at radius 3 is 2.39 bits per heavy atom. The normalized spacial score (nSPS) is 20.9. The van der Waals surface area contributed by atoms with E-state index in [1.54, 1.807) is 4.90 Å². The van der Waals surface area contributed by atoms with Crippen LogP contribution in [0, 0.1) is 5.41 Å². The summed E-state index contributed by atoms with van der Waals surface area (Å²) in [7, 11) is -0.281. The van der Waals surface area contributed by atoms with Gasteiger partial charge < -0.3 is 18.9 Å². The number of hydrogen-bond donors (Lipinski definition) is 0. The van der Waals surface area contributed by atoms with Crippen molar-refractivity contribution in [3.05, 3.63) is 29.8 Å². The van der Waals surface area contributed by atoms with Crippen LogP contribution in [0.1, 0.15) is 40.2 Å². The molecular weight excluding hydrogens is 355 g/mol. The molecule has 6 nitrogen and oxygen atoms in total. The summed E-state index contributed by atoms with van der Waals surface area (Å²) < 4.78 is 17.3. The highest BCUT2D eigenvalue weighted by atomic mass is 16.6. The van der Waals surface area contributed by atoms with E-state index in [0.29, 0.717) is 26.3 Å². The second-order valence-electron chi connectivity index (χ2n) is 9.61. The summed E-state index contributed by atoms with van der Waals surface area (Å²) in [6.07, 6.45) is -0.219. The van der Waals surface area contributed by atoms with E-state index in [1.165, 1.54) is 5.56 Å². The molecular formula is C21H33BN2O4. The zero-order valence-electron chi connectivity index (χ0n) is 17.9. The van der Waals surface area contributed by atoms with Gasteiger partial charge in [0.1, 0.15) is 5.60 Å². The third-order valence-electron chi connectivity index (χ3n) is 4.90. The van der Waals surface area contributed by atoms with Crippen LogP contribution in [-0.2, 0) is 20.6 Å². The molecule has 3 rings (SSSR count). The number of carbonyl (C=O) groups excluding carboxylic acids is 1. The number of rotatable bonds is 3. The fraction of sp³-hybridized carbons (Fsp3) is 0.667. The van der Waals surface area contributed by atoms with Crippen molar-refractivity contribution in [2.45, 2.75) is 46.8 Å². The first-order valence-corrected chi connectivity index (χ1v) is 10.1. The Labute approximate surface area is 169 Å². The number of carbonyl (C=O) groups is 1. The van der Waals surface area contributed by atoms with E-state index < -0.39 is 5.60 Å².